The number of nitrogens with one attached hydrogen (secondary N) is 3. The van der Waals surface area contributed by atoms with Crippen LogP contribution in [0.25, 0.3) is 0 Å². The van der Waals surface area contributed by atoms with Crippen molar-refractivity contribution in [1.82, 2.24) is 15.5 Å². The number of H-pyrrole nitrogens is 1. The molecule has 0 saturated carbocycles. The lowest BCUT2D eigenvalue weighted by Gasteiger charge is -2.17. The second kappa shape index (κ2) is 5.87. The molecule has 7 heteroatoms. The molecule has 1 atom stereocenters. The molecule has 114 valence electrons. The summed E-state index contributed by atoms with van der Waals surface area (Å²) in [4.78, 5) is 0.203. The van der Waals surface area contributed by atoms with Crippen molar-refractivity contribution < 1.29 is 8.42 Å². The zero-order chi connectivity index (χ0) is 15.6. The first-order valence-electron chi connectivity index (χ1n) is 6.67. The molecule has 0 aliphatic carbocycles. The van der Waals surface area contributed by atoms with Crippen LogP contribution < -0.4 is 10.0 Å². The van der Waals surface area contributed by atoms with Crippen LogP contribution in [-0.2, 0) is 10.0 Å². The Morgan fingerprint density at radius 2 is 1.90 bits per heavy atom. The topological polar surface area (TPSA) is 86.9 Å². The zero-order valence-electron chi connectivity index (χ0n) is 12.6. The van der Waals surface area contributed by atoms with Crippen LogP contribution in [0.1, 0.15) is 29.9 Å². The number of hydrogen-bond acceptors (Lipinski definition) is 4. The van der Waals surface area contributed by atoms with Gasteiger partial charge in [0.1, 0.15) is 4.90 Å². The Kier molecular flexibility index (Phi) is 4.34. The molecule has 0 spiro atoms. The second-order valence-electron chi connectivity index (χ2n) is 4.97. The third-order valence-corrected chi connectivity index (χ3v) is 5.06. The lowest BCUT2D eigenvalue weighted by molar-refractivity contribution is 0.599. The molecule has 0 aliphatic rings. The fraction of sp³-hybridized carbons (Fsp3) is 0.357. The van der Waals surface area contributed by atoms with E-state index in [0.29, 0.717) is 17.1 Å². The molecular formula is C14H20N4O2S. The molecule has 2 rings (SSSR count). The monoisotopic (exact) mass is 308 g/mol. The van der Waals surface area contributed by atoms with E-state index in [0.717, 1.165) is 5.56 Å². The number of aryl methyl sites for hydroxylation is 2. The van der Waals surface area contributed by atoms with Crippen molar-refractivity contribution >= 4 is 15.7 Å². The minimum absolute atomic E-state index is 0.0374. The molecule has 1 aromatic heterocycles. The number of benzene rings is 1. The Bertz CT molecular complexity index is 718. The van der Waals surface area contributed by atoms with Crippen LogP contribution in [0.15, 0.2) is 29.2 Å². The van der Waals surface area contributed by atoms with Gasteiger partial charge >= 0.3 is 0 Å². The summed E-state index contributed by atoms with van der Waals surface area (Å²) in [5.41, 5.74) is 2.44. The first-order chi connectivity index (χ1) is 9.86. The van der Waals surface area contributed by atoms with Crippen LogP contribution in [0.5, 0.6) is 0 Å². The molecule has 0 bridgehead atoms. The summed E-state index contributed by atoms with van der Waals surface area (Å²) in [6.45, 7) is 5.33. The maximum absolute atomic E-state index is 12.6. The van der Waals surface area contributed by atoms with Gasteiger partial charge in [0.15, 0.2) is 0 Å². The van der Waals surface area contributed by atoms with E-state index in [4.69, 9.17) is 0 Å². The Labute approximate surface area is 125 Å². The van der Waals surface area contributed by atoms with Crippen LogP contribution in [0.4, 0.5) is 5.69 Å². The summed E-state index contributed by atoms with van der Waals surface area (Å²) in [6.07, 6.45) is 0. The van der Waals surface area contributed by atoms with E-state index in [1.165, 1.54) is 0 Å². The summed E-state index contributed by atoms with van der Waals surface area (Å²) in [5, 5.41) is 9.75. The van der Waals surface area contributed by atoms with Crippen molar-refractivity contribution in [2.24, 2.45) is 0 Å². The number of para-hydroxylation sites is 1. The summed E-state index contributed by atoms with van der Waals surface area (Å²) in [7, 11) is -1.83. The van der Waals surface area contributed by atoms with Gasteiger partial charge in [-0.1, -0.05) is 18.2 Å². The Hall–Kier alpha value is -1.86. The highest BCUT2D eigenvalue weighted by molar-refractivity contribution is 7.92. The normalized spacial score (nSPS) is 13.1. The predicted octanol–water partition coefficient (Wildman–Crippen LogP) is 2.11. The number of hydrogen-bond donors (Lipinski definition) is 3. The molecular weight excluding hydrogens is 288 g/mol. The average Bonchev–Trinajstić information content (AvgIpc) is 2.78. The van der Waals surface area contributed by atoms with E-state index in [1.54, 1.807) is 26.0 Å². The van der Waals surface area contributed by atoms with Gasteiger partial charge in [0.25, 0.3) is 10.0 Å². The third-order valence-electron chi connectivity index (χ3n) is 3.43. The van der Waals surface area contributed by atoms with Crippen LogP contribution in [0.3, 0.4) is 0 Å². The van der Waals surface area contributed by atoms with E-state index in [2.05, 4.69) is 20.2 Å². The van der Waals surface area contributed by atoms with Crippen LogP contribution >= 0.6 is 0 Å². The first-order valence-corrected chi connectivity index (χ1v) is 8.15. The van der Waals surface area contributed by atoms with Gasteiger partial charge in [-0.05, 0) is 39.4 Å². The van der Waals surface area contributed by atoms with E-state index in [9.17, 15) is 8.42 Å². The van der Waals surface area contributed by atoms with Gasteiger partial charge in [0.2, 0.25) is 0 Å². The van der Waals surface area contributed by atoms with Gasteiger partial charge in [-0.15, -0.1) is 0 Å². The molecule has 0 saturated heterocycles. The van der Waals surface area contributed by atoms with Gasteiger partial charge < -0.3 is 5.32 Å². The van der Waals surface area contributed by atoms with Crippen molar-refractivity contribution in [1.29, 1.82) is 0 Å². The van der Waals surface area contributed by atoms with Crippen molar-refractivity contribution in [3.05, 3.63) is 41.2 Å². The SMILES string of the molecule is CNC(C)c1ccccc1NS(=O)(=O)c1c(C)n[nH]c1C. The molecule has 0 fully saturated rings. The second-order valence-corrected chi connectivity index (χ2v) is 6.59. The highest BCUT2D eigenvalue weighted by Crippen LogP contribution is 2.26. The molecule has 3 N–H and O–H groups in total. The number of anilines is 1. The first kappa shape index (κ1) is 15.5. The molecule has 1 unspecified atom stereocenters. The third kappa shape index (κ3) is 3.08. The standard InChI is InChI=1S/C14H20N4O2S/c1-9(15-4)12-7-5-6-8-13(12)18-21(19,20)14-10(2)16-17-11(14)3/h5-9,15,18H,1-4H3,(H,16,17). The summed E-state index contributed by atoms with van der Waals surface area (Å²) >= 11 is 0. The minimum atomic E-state index is -3.67. The number of rotatable bonds is 5. The molecule has 1 heterocycles. The van der Waals surface area contributed by atoms with Gasteiger partial charge in [-0.2, -0.15) is 5.10 Å². The maximum Gasteiger partial charge on any atom is 0.265 e. The van der Waals surface area contributed by atoms with Crippen molar-refractivity contribution in [2.45, 2.75) is 31.7 Å². The summed E-state index contributed by atoms with van der Waals surface area (Å²) in [5.74, 6) is 0. The van der Waals surface area contributed by atoms with Crippen LogP contribution in [0, 0.1) is 13.8 Å². The van der Waals surface area contributed by atoms with E-state index < -0.39 is 10.0 Å². The Morgan fingerprint density at radius 1 is 1.24 bits per heavy atom. The Balaban J connectivity index is 2.43. The minimum Gasteiger partial charge on any atom is -0.313 e. The fourth-order valence-electron chi connectivity index (χ4n) is 2.26. The molecule has 6 nitrogen and oxygen atoms in total. The van der Waals surface area contributed by atoms with Gasteiger partial charge in [0.05, 0.1) is 17.1 Å². The molecule has 0 amide bonds. The van der Waals surface area contributed by atoms with E-state index in [-0.39, 0.29) is 10.9 Å². The van der Waals surface area contributed by atoms with Gasteiger partial charge in [0, 0.05) is 6.04 Å². The molecule has 0 aliphatic heterocycles. The summed E-state index contributed by atoms with van der Waals surface area (Å²) < 4.78 is 27.8. The smallest absolute Gasteiger partial charge is 0.265 e. The van der Waals surface area contributed by atoms with Gasteiger partial charge in [-0.3, -0.25) is 9.82 Å². The van der Waals surface area contributed by atoms with Gasteiger partial charge in [-0.25, -0.2) is 8.42 Å². The fourth-order valence-corrected chi connectivity index (χ4v) is 3.72. The Morgan fingerprint density at radius 3 is 2.48 bits per heavy atom. The van der Waals surface area contributed by atoms with Crippen molar-refractivity contribution in [3.63, 3.8) is 0 Å². The average molecular weight is 308 g/mol. The van der Waals surface area contributed by atoms with Crippen molar-refractivity contribution in [3.8, 4) is 0 Å². The van der Waals surface area contributed by atoms with Crippen LogP contribution in [-0.4, -0.2) is 25.7 Å². The number of aromatic amines is 1. The number of nitrogens with zero attached hydrogens (tertiary/aromatic N) is 1. The number of sulfonamides is 1. The van der Waals surface area contributed by atoms with E-state index >= 15 is 0 Å². The van der Waals surface area contributed by atoms with Crippen LogP contribution in [0.2, 0.25) is 0 Å². The largest absolute Gasteiger partial charge is 0.313 e. The molecule has 0 radical (unpaired) electrons. The predicted molar refractivity (Wildman–Crippen MR) is 82.8 cm³/mol. The highest BCUT2D eigenvalue weighted by Gasteiger charge is 2.23. The lowest BCUT2D eigenvalue weighted by atomic mass is 10.1. The lowest BCUT2D eigenvalue weighted by Crippen LogP contribution is -2.19. The molecule has 1 aromatic carbocycles. The van der Waals surface area contributed by atoms with E-state index in [1.807, 2.05) is 26.1 Å². The number of aromatic nitrogens is 2. The molecule has 21 heavy (non-hydrogen) atoms. The van der Waals surface area contributed by atoms with Crippen molar-refractivity contribution in [2.75, 3.05) is 11.8 Å². The zero-order valence-corrected chi connectivity index (χ0v) is 13.4. The highest BCUT2D eigenvalue weighted by atomic mass is 32.2. The quantitative estimate of drug-likeness (QED) is 0.789. The maximum atomic E-state index is 12.6. The summed E-state index contributed by atoms with van der Waals surface area (Å²) in [6, 6.07) is 7.38. The molecule has 2 aromatic rings.